The lowest BCUT2D eigenvalue weighted by molar-refractivity contribution is -0.385. The van der Waals surface area contributed by atoms with Gasteiger partial charge in [-0.3, -0.25) is 19.7 Å². The molecule has 10 nitrogen and oxygen atoms in total. The maximum absolute atomic E-state index is 12.6. The predicted molar refractivity (Wildman–Crippen MR) is 115 cm³/mol. The van der Waals surface area contributed by atoms with E-state index in [1.54, 1.807) is 12.1 Å². The van der Waals surface area contributed by atoms with Gasteiger partial charge in [0, 0.05) is 43.1 Å². The Morgan fingerprint density at radius 2 is 1.87 bits per heavy atom. The fraction of sp³-hybridized carbons (Fsp3) is 0.333. The van der Waals surface area contributed by atoms with Crippen molar-refractivity contribution in [1.29, 1.82) is 0 Å². The standard InChI is InChI=1S/C21H24N4O6/c1-23(21(27)15-3-8-19(30-2)18(13-15)25(28)29)14-20(26)22-16-4-6-17(7-5-16)24-9-11-31-12-10-24/h3-8,13H,9-12,14H2,1-2H3,(H,22,26). The van der Waals surface area contributed by atoms with Crippen LogP contribution in [0.5, 0.6) is 5.75 Å². The van der Waals surface area contributed by atoms with Gasteiger partial charge in [0.05, 0.1) is 31.8 Å². The average molecular weight is 428 g/mol. The van der Waals surface area contributed by atoms with Crippen LogP contribution in [0.4, 0.5) is 17.1 Å². The van der Waals surface area contributed by atoms with Gasteiger partial charge in [-0.15, -0.1) is 0 Å². The van der Waals surface area contributed by atoms with Crippen LogP contribution in [0.25, 0.3) is 0 Å². The molecule has 164 valence electrons. The van der Waals surface area contributed by atoms with Crippen LogP contribution < -0.4 is 15.0 Å². The number of nitrogens with one attached hydrogen (secondary N) is 1. The number of nitrogens with zero attached hydrogens (tertiary/aromatic N) is 3. The van der Waals surface area contributed by atoms with Gasteiger partial charge >= 0.3 is 5.69 Å². The lowest BCUT2D eigenvalue weighted by Crippen LogP contribution is -2.36. The highest BCUT2D eigenvalue weighted by molar-refractivity contribution is 5.99. The molecule has 0 bridgehead atoms. The topological polar surface area (TPSA) is 114 Å². The van der Waals surface area contributed by atoms with E-state index >= 15 is 0 Å². The van der Waals surface area contributed by atoms with Crippen LogP contribution in [0, 0.1) is 10.1 Å². The number of morpholine rings is 1. The van der Waals surface area contributed by atoms with Gasteiger partial charge in [-0.2, -0.15) is 0 Å². The molecule has 0 aromatic heterocycles. The summed E-state index contributed by atoms with van der Waals surface area (Å²) in [6.45, 7) is 2.82. The first-order chi connectivity index (χ1) is 14.9. The van der Waals surface area contributed by atoms with Gasteiger partial charge in [0.15, 0.2) is 5.75 Å². The molecule has 31 heavy (non-hydrogen) atoms. The molecule has 0 atom stereocenters. The van der Waals surface area contributed by atoms with Gasteiger partial charge in [0.1, 0.15) is 0 Å². The van der Waals surface area contributed by atoms with Crippen molar-refractivity contribution >= 4 is 28.9 Å². The van der Waals surface area contributed by atoms with Gasteiger partial charge in [-0.1, -0.05) is 0 Å². The Hall–Kier alpha value is -3.66. The molecule has 1 aliphatic rings. The molecule has 1 fully saturated rings. The molecule has 0 aliphatic carbocycles. The third kappa shape index (κ3) is 5.48. The predicted octanol–water partition coefficient (Wildman–Crippen LogP) is 2.15. The molecule has 1 aliphatic heterocycles. The quantitative estimate of drug-likeness (QED) is 0.531. The molecule has 2 aromatic rings. The average Bonchev–Trinajstić information content (AvgIpc) is 2.79. The van der Waals surface area contributed by atoms with E-state index in [0.29, 0.717) is 18.9 Å². The minimum Gasteiger partial charge on any atom is -0.490 e. The van der Waals surface area contributed by atoms with Gasteiger partial charge in [0.2, 0.25) is 5.91 Å². The van der Waals surface area contributed by atoms with Crippen LogP contribution >= 0.6 is 0 Å². The van der Waals surface area contributed by atoms with E-state index in [9.17, 15) is 19.7 Å². The van der Waals surface area contributed by atoms with Crippen LogP contribution in [0.1, 0.15) is 10.4 Å². The van der Waals surface area contributed by atoms with Crippen LogP contribution in [-0.2, 0) is 9.53 Å². The monoisotopic (exact) mass is 428 g/mol. The Morgan fingerprint density at radius 3 is 2.48 bits per heavy atom. The van der Waals surface area contributed by atoms with Crippen LogP contribution in [0.2, 0.25) is 0 Å². The van der Waals surface area contributed by atoms with Crippen molar-refractivity contribution in [2.45, 2.75) is 0 Å². The maximum atomic E-state index is 12.6. The fourth-order valence-corrected chi connectivity index (χ4v) is 3.25. The molecule has 10 heteroatoms. The molecular weight excluding hydrogens is 404 g/mol. The summed E-state index contributed by atoms with van der Waals surface area (Å²) in [5, 5.41) is 13.9. The molecule has 2 amide bonds. The number of ether oxygens (including phenoxy) is 2. The van der Waals surface area contributed by atoms with E-state index in [2.05, 4.69) is 10.2 Å². The van der Waals surface area contributed by atoms with Gasteiger partial charge in [-0.05, 0) is 36.4 Å². The van der Waals surface area contributed by atoms with E-state index in [0.717, 1.165) is 24.8 Å². The van der Waals surface area contributed by atoms with Crippen LogP contribution in [-0.4, -0.2) is 68.6 Å². The molecule has 2 aromatic carbocycles. The molecule has 0 unspecified atom stereocenters. The summed E-state index contributed by atoms with van der Waals surface area (Å²) >= 11 is 0. The van der Waals surface area contributed by atoms with Crippen molar-refractivity contribution in [3.8, 4) is 5.75 Å². The number of rotatable bonds is 7. The first kappa shape index (κ1) is 22.0. The number of methoxy groups -OCH3 is 1. The van der Waals surface area contributed by atoms with E-state index < -0.39 is 10.8 Å². The smallest absolute Gasteiger partial charge is 0.311 e. The zero-order valence-electron chi connectivity index (χ0n) is 17.4. The SMILES string of the molecule is COc1ccc(C(=O)N(C)CC(=O)Nc2ccc(N3CCOCC3)cc2)cc1[N+](=O)[O-]. The third-order valence-corrected chi connectivity index (χ3v) is 4.88. The molecule has 1 heterocycles. The molecule has 1 N–H and O–H groups in total. The zero-order valence-corrected chi connectivity index (χ0v) is 17.4. The minimum absolute atomic E-state index is 0.0578. The number of nitro groups is 1. The molecular formula is C21H24N4O6. The number of carbonyl (C=O) groups excluding carboxylic acids is 2. The molecule has 0 saturated carbocycles. The maximum Gasteiger partial charge on any atom is 0.311 e. The summed E-state index contributed by atoms with van der Waals surface area (Å²) in [4.78, 5) is 38.9. The number of nitro benzene ring substituents is 1. The molecule has 3 rings (SSSR count). The summed E-state index contributed by atoms with van der Waals surface area (Å²) in [7, 11) is 2.77. The number of hydrogen-bond acceptors (Lipinski definition) is 7. The lowest BCUT2D eigenvalue weighted by Gasteiger charge is -2.28. The number of benzene rings is 2. The Balaban J connectivity index is 1.59. The van der Waals surface area contributed by atoms with Crippen molar-refractivity contribution in [2.24, 2.45) is 0 Å². The third-order valence-electron chi connectivity index (χ3n) is 4.88. The molecule has 0 spiro atoms. The first-order valence-electron chi connectivity index (χ1n) is 9.69. The second-order valence-electron chi connectivity index (χ2n) is 7.00. The van der Waals surface area contributed by atoms with Crippen LogP contribution in [0.15, 0.2) is 42.5 Å². The number of carbonyl (C=O) groups is 2. The van der Waals surface area contributed by atoms with E-state index in [1.807, 2.05) is 12.1 Å². The Labute approximate surface area is 179 Å². The lowest BCUT2D eigenvalue weighted by atomic mass is 10.1. The summed E-state index contributed by atoms with van der Waals surface area (Å²) in [5.41, 5.74) is 1.45. The Morgan fingerprint density at radius 1 is 1.19 bits per heavy atom. The highest BCUT2D eigenvalue weighted by Crippen LogP contribution is 2.28. The van der Waals surface area contributed by atoms with E-state index in [-0.39, 0.29) is 29.5 Å². The van der Waals surface area contributed by atoms with Crippen LogP contribution in [0.3, 0.4) is 0 Å². The van der Waals surface area contributed by atoms with Gasteiger partial charge in [-0.25, -0.2) is 0 Å². The van der Waals surface area contributed by atoms with Crippen molar-refractivity contribution in [1.82, 2.24) is 4.90 Å². The van der Waals surface area contributed by atoms with Crippen molar-refractivity contribution in [3.63, 3.8) is 0 Å². The molecule has 0 radical (unpaired) electrons. The second-order valence-corrected chi connectivity index (χ2v) is 7.00. The summed E-state index contributed by atoms with van der Waals surface area (Å²) in [6.07, 6.45) is 0. The van der Waals surface area contributed by atoms with E-state index in [4.69, 9.17) is 9.47 Å². The number of anilines is 2. The van der Waals surface area contributed by atoms with Gasteiger partial charge in [0.25, 0.3) is 5.91 Å². The number of hydrogen-bond donors (Lipinski definition) is 1. The summed E-state index contributed by atoms with van der Waals surface area (Å²) in [5.74, 6) is -0.830. The largest absolute Gasteiger partial charge is 0.490 e. The fourth-order valence-electron chi connectivity index (χ4n) is 3.25. The zero-order chi connectivity index (χ0) is 22.4. The van der Waals surface area contributed by atoms with Crippen molar-refractivity contribution < 1.29 is 24.0 Å². The Bertz CT molecular complexity index is 957. The summed E-state index contributed by atoms with van der Waals surface area (Å²) in [6, 6.07) is 11.4. The highest BCUT2D eigenvalue weighted by Gasteiger charge is 2.21. The number of amides is 2. The number of likely N-dealkylation sites (N-methyl/N-ethyl adjacent to an activating group) is 1. The molecule has 1 saturated heterocycles. The minimum atomic E-state index is -0.622. The summed E-state index contributed by atoms with van der Waals surface area (Å²) < 4.78 is 10.3. The van der Waals surface area contributed by atoms with Gasteiger partial charge < -0.3 is 24.6 Å². The highest BCUT2D eigenvalue weighted by atomic mass is 16.6. The second kappa shape index (κ2) is 9.90. The Kier molecular flexibility index (Phi) is 7.03. The normalized spacial score (nSPS) is 13.4. The van der Waals surface area contributed by atoms with E-state index in [1.165, 1.54) is 31.2 Å². The first-order valence-corrected chi connectivity index (χ1v) is 9.69. The van der Waals surface area contributed by atoms with Crippen molar-refractivity contribution in [3.05, 3.63) is 58.1 Å². The van der Waals surface area contributed by atoms with Crippen molar-refractivity contribution in [2.75, 3.05) is 57.2 Å².